The second-order valence-electron chi connectivity index (χ2n) is 12.9. The van der Waals surface area contributed by atoms with Crippen LogP contribution in [0.4, 0.5) is 0 Å². The molecule has 1 spiro atoms. The van der Waals surface area contributed by atoms with Crippen LogP contribution in [0.15, 0.2) is 36.0 Å². The van der Waals surface area contributed by atoms with E-state index in [4.69, 9.17) is 23.7 Å². The molecule has 0 amide bonds. The molecule has 9 atom stereocenters. The maximum atomic E-state index is 13.2. The van der Waals surface area contributed by atoms with E-state index < -0.39 is 75.7 Å². The van der Waals surface area contributed by atoms with Crippen molar-refractivity contribution in [2.75, 3.05) is 13.7 Å². The number of hydrogen-bond donors (Lipinski definition) is 0. The van der Waals surface area contributed by atoms with Crippen LogP contribution in [0.3, 0.4) is 0 Å². The molecular formula is C31H38O10. The molecule has 3 aliphatic carbocycles. The summed E-state index contributed by atoms with van der Waals surface area (Å²) in [6, 6.07) is 0. The van der Waals surface area contributed by atoms with Crippen LogP contribution in [0, 0.1) is 34.0 Å². The summed E-state index contributed by atoms with van der Waals surface area (Å²) >= 11 is 0. The first-order chi connectivity index (χ1) is 19.1. The quantitative estimate of drug-likeness (QED) is 0.203. The van der Waals surface area contributed by atoms with Gasteiger partial charge in [-0.3, -0.25) is 19.2 Å². The van der Waals surface area contributed by atoms with Crippen LogP contribution in [0.25, 0.3) is 0 Å². The van der Waals surface area contributed by atoms with Gasteiger partial charge in [-0.1, -0.05) is 40.3 Å². The van der Waals surface area contributed by atoms with Crippen molar-refractivity contribution < 1.29 is 47.7 Å². The topological polar surface area (TPSA) is 135 Å². The number of methoxy groups -OCH3 is 1. The number of ether oxygens (including phenoxy) is 5. The molecule has 3 fully saturated rings. The predicted octanol–water partition coefficient (Wildman–Crippen LogP) is 3.03. The van der Waals surface area contributed by atoms with Crippen LogP contribution in [0.1, 0.15) is 54.4 Å². The molecule has 222 valence electrons. The number of rotatable bonds is 6. The van der Waals surface area contributed by atoms with Crippen molar-refractivity contribution in [1.82, 2.24) is 0 Å². The Labute approximate surface area is 239 Å². The van der Waals surface area contributed by atoms with E-state index in [1.165, 1.54) is 27.0 Å². The van der Waals surface area contributed by atoms with E-state index in [1.807, 2.05) is 13.8 Å². The SMILES string of the molecule is C=C1[C@@H]([C@@]2(C)C=CC(=O)C(C)(C)[C@@H]2CC(=O)OC)[C@H](OC(C)=O)[C@H](OC(C)=O)[C@@]2(C)[C@H](C3=CCOC3=O)C[C@H]3O[C@]132. The average molecular weight is 571 g/mol. The summed E-state index contributed by atoms with van der Waals surface area (Å²) in [5.74, 6) is -4.02. The first-order valence-electron chi connectivity index (χ1n) is 14.0. The minimum atomic E-state index is -1.07. The number of epoxide rings is 1. The fourth-order valence-electron chi connectivity index (χ4n) is 8.69. The number of esters is 4. The highest BCUT2D eigenvalue weighted by atomic mass is 16.6. The van der Waals surface area contributed by atoms with Gasteiger partial charge in [0, 0.05) is 42.1 Å². The first-order valence-corrected chi connectivity index (χ1v) is 14.0. The van der Waals surface area contributed by atoms with E-state index in [-0.39, 0.29) is 24.9 Å². The minimum absolute atomic E-state index is 0.0826. The molecule has 5 rings (SSSR count). The van der Waals surface area contributed by atoms with Gasteiger partial charge in [0.2, 0.25) is 0 Å². The number of allylic oxidation sites excluding steroid dienone is 2. The summed E-state index contributed by atoms with van der Waals surface area (Å²) in [5, 5.41) is 0. The molecule has 0 aromatic rings. The van der Waals surface area contributed by atoms with Crippen molar-refractivity contribution in [3.05, 3.63) is 36.0 Å². The van der Waals surface area contributed by atoms with Gasteiger partial charge >= 0.3 is 23.9 Å². The van der Waals surface area contributed by atoms with Crippen molar-refractivity contribution in [2.24, 2.45) is 34.0 Å². The zero-order valence-electron chi connectivity index (χ0n) is 24.6. The number of carbonyl (C=O) groups excluding carboxylic acids is 5. The van der Waals surface area contributed by atoms with Crippen molar-refractivity contribution in [3.63, 3.8) is 0 Å². The van der Waals surface area contributed by atoms with Crippen molar-refractivity contribution in [2.45, 2.75) is 78.3 Å². The maximum absolute atomic E-state index is 13.2. The Morgan fingerprint density at radius 3 is 2.29 bits per heavy atom. The van der Waals surface area contributed by atoms with E-state index in [1.54, 1.807) is 26.0 Å². The van der Waals surface area contributed by atoms with Gasteiger partial charge in [-0.15, -0.1) is 0 Å². The third-order valence-corrected chi connectivity index (χ3v) is 10.6. The zero-order chi connectivity index (χ0) is 30.3. The lowest BCUT2D eigenvalue weighted by molar-refractivity contribution is -0.209. The average Bonchev–Trinajstić information content (AvgIpc) is 3.37. The van der Waals surface area contributed by atoms with Crippen molar-refractivity contribution in [3.8, 4) is 0 Å². The van der Waals surface area contributed by atoms with Gasteiger partial charge in [0.1, 0.15) is 24.4 Å². The normalized spacial score (nSPS) is 42.0. The molecule has 0 bridgehead atoms. The van der Waals surface area contributed by atoms with E-state index in [2.05, 4.69) is 6.58 Å². The van der Waals surface area contributed by atoms with Crippen LogP contribution in [0.5, 0.6) is 0 Å². The summed E-state index contributed by atoms with van der Waals surface area (Å²) in [6.45, 7) is 14.6. The smallest absolute Gasteiger partial charge is 0.334 e. The fourth-order valence-corrected chi connectivity index (χ4v) is 8.69. The van der Waals surface area contributed by atoms with Gasteiger partial charge in [0.05, 0.1) is 25.0 Å². The Hall–Kier alpha value is -3.27. The Balaban J connectivity index is 1.73. The summed E-state index contributed by atoms with van der Waals surface area (Å²) in [6.07, 6.45) is 2.92. The monoisotopic (exact) mass is 570 g/mol. The Morgan fingerprint density at radius 2 is 1.73 bits per heavy atom. The highest BCUT2D eigenvalue weighted by molar-refractivity contribution is 5.96. The maximum Gasteiger partial charge on any atom is 0.334 e. The third kappa shape index (κ3) is 3.89. The molecule has 10 heteroatoms. The molecule has 0 N–H and O–H groups in total. The number of cyclic esters (lactones) is 1. The van der Waals surface area contributed by atoms with Crippen molar-refractivity contribution >= 4 is 29.7 Å². The Bertz CT molecular complexity index is 1310. The third-order valence-electron chi connectivity index (χ3n) is 10.6. The van der Waals surface area contributed by atoms with Gasteiger partial charge in [0.15, 0.2) is 5.78 Å². The summed E-state index contributed by atoms with van der Waals surface area (Å²) in [5.41, 5.74) is -2.94. The lowest BCUT2D eigenvalue weighted by Gasteiger charge is -2.59. The van der Waals surface area contributed by atoms with Crippen LogP contribution >= 0.6 is 0 Å². The molecule has 2 saturated carbocycles. The molecule has 10 nitrogen and oxygen atoms in total. The number of carbonyl (C=O) groups is 5. The molecule has 0 aromatic carbocycles. The molecular weight excluding hydrogens is 532 g/mol. The van der Waals surface area contributed by atoms with Crippen LogP contribution < -0.4 is 0 Å². The minimum Gasteiger partial charge on any atom is -0.469 e. The van der Waals surface area contributed by atoms with Gasteiger partial charge in [-0.2, -0.15) is 0 Å². The summed E-state index contributed by atoms with van der Waals surface area (Å²) in [4.78, 5) is 64.0. The molecule has 0 unspecified atom stereocenters. The molecule has 1 saturated heterocycles. The first kappa shape index (κ1) is 29.2. The van der Waals surface area contributed by atoms with Crippen LogP contribution in [0.2, 0.25) is 0 Å². The Morgan fingerprint density at radius 1 is 1.07 bits per heavy atom. The second kappa shape index (κ2) is 9.37. The highest BCUT2D eigenvalue weighted by Crippen LogP contribution is 2.75. The molecule has 5 aliphatic rings. The Kier molecular flexibility index (Phi) is 6.68. The molecule has 0 radical (unpaired) electrons. The standard InChI is InChI=1S/C31H38O10/c1-15-24(29(6)11-9-21(34)28(4,5)20(29)14-23(35)37-8)25(39-16(2)32)26(40-17(3)33)30(7)19(13-22-31(15,30)41-22)18-10-12-38-27(18)36/h9-11,19-20,22,24-26H,1,12-14H2,2-8H3/t19-,20-,22+,24+,25-,26-,29-,30+,31+/m0/s1. The van der Waals surface area contributed by atoms with E-state index in [0.29, 0.717) is 17.6 Å². The lowest BCUT2D eigenvalue weighted by Crippen LogP contribution is -2.67. The predicted molar refractivity (Wildman–Crippen MR) is 143 cm³/mol. The van der Waals surface area contributed by atoms with E-state index in [0.717, 1.165) is 0 Å². The molecule has 41 heavy (non-hydrogen) atoms. The molecule has 2 heterocycles. The zero-order valence-corrected chi connectivity index (χ0v) is 24.6. The van der Waals surface area contributed by atoms with Gasteiger partial charge in [-0.05, 0) is 30.1 Å². The van der Waals surface area contributed by atoms with Crippen LogP contribution in [-0.4, -0.2) is 67.3 Å². The van der Waals surface area contributed by atoms with E-state index >= 15 is 0 Å². The highest BCUT2D eigenvalue weighted by Gasteiger charge is 2.84. The second-order valence-corrected chi connectivity index (χ2v) is 12.9. The number of hydrogen-bond acceptors (Lipinski definition) is 10. The lowest BCUT2D eigenvalue weighted by atomic mass is 9.46. The number of ketones is 1. The van der Waals surface area contributed by atoms with Gasteiger partial charge in [0.25, 0.3) is 0 Å². The van der Waals surface area contributed by atoms with Gasteiger partial charge in [-0.25, -0.2) is 4.79 Å². The fraction of sp³-hybridized carbons (Fsp3) is 0.645. The molecule has 0 aromatic heterocycles. The van der Waals surface area contributed by atoms with E-state index in [9.17, 15) is 24.0 Å². The molecule has 2 aliphatic heterocycles. The summed E-state index contributed by atoms with van der Waals surface area (Å²) < 4.78 is 28.8. The van der Waals surface area contributed by atoms with Gasteiger partial charge < -0.3 is 23.7 Å². The summed E-state index contributed by atoms with van der Waals surface area (Å²) in [7, 11) is 1.29. The van der Waals surface area contributed by atoms with Crippen LogP contribution in [-0.2, 0) is 47.7 Å². The van der Waals surface area contributed by atoms with Crippen molar-refractivity contribution in [1.29, 1.82) is 0 Å². The largest absolute Gasteiger partial charge is 0.469 e.